The zero-order valence-electron chi connectivity index (χ0n) is 13.8. The summed E-state index contributed by atoms with van der Waals surface area (Å²) in [5.41, 5.74) is 0.939. The van der Waals surface area contributed by atoms with Crippen molar-refractivity contribution >= 4 is 5.91 Å². The molecule has 126 valence electrons. The molecule has 0 bridgehead atoms. The topological polar surface area (TPSA) is 53.0 Å². The summed E-state index contributed by atoms with van der Waals surface area (Å²) >= 11 is 0. The second-order valence-electron chi connectivity index (χ2n) is 6.47. The number of aliphatic hydroxyl groups is 1. The number of aliphatic hydroxyl groups excluding tert-OH is 1. The minimum atomic E-state index is -0.189. The Balaban J connectivity index is 1.54. The van der Waals surface area contributed by atoms with Crippen LogP contribution in [0.25, 0.3) is 0 Å². The van der Waals surface area contributed by atoms with E-state index in [1.54, 1.807) is 7.11 Å². The van der Waals surface area contributed by atoms with Crippen LogP contribution in [0, 0.1) is 0 Å². The lowest BCUT2D eigenvalue weighted by Gasteiger charge is -2.39. The number of hydrogen-bond donors (Lipinski definition) is 1. The van der Waals surface area contributed by atoms with Crippen molar-refractivity contribution in [3.63, 3.8) is 0 Å². The van der Waals surface area contributed by atoms with Crippen molar-refractivity contribution in [2.24, 2.45) is 0 Å². The molecule has 23 heavy (non-hydrogen) atoms. The predicted octanol–water partition coefficient (Wildman–Crippen LogP) is 1.30. The van der Waals surface area contributed by atoms with Crippen LogP contribution in [0.1, 0.15) is 24.8 Å². The van der Waals surface area contributed by atoms with Crippen LogP contribution in [0.4, 0.5) is 0 Å². The average molecular weight is 318 g/mol. The Bertz CT molecular complexity index is 541. The molecule has 1 amide bonds. The first kappa shape index (κ1) is 16.3. The van der Waals surface area contributed by atoms with E-state index < -0.39 is 0 Å². The predicted molar refractivity (Wildman–Crippen MR) is 88.5 cm³/mol. The highest BCUT2D eigenvalue weighted by molar-refractivity contribution is 5.79. The maximum absolute atomic E-state index is 12.5. The summed E-state index contributed by atoms with van der Waals surface area (Å²) in [7, 11) is 1.63. The van der Waals surface area contributed by atoms with Crippen molar-refractivity contribution in [3.05, 3.63) is 29.8 Å². The lowest BCUT2D eigenvalue weighted by atomic mass is 10.1. The van der Waals surface area contributed by atoms with Gasteiger partial charge in [0.05, 0.1) is 19.6 Å². The van der Waals surface area contributed by atoms with Crippen LogP contribution < -0.4 is 4.74 Å². The Hall–Kier alpha value is -1.59. The minimum Gasteiger partial charge on any atom is -0.496 e. The van der Waals surface area contributed by atoms with Crippen LogP contribution in [0.2, 0.25) is 0 Å². The zero-order valence-corrected chi connectivity index (χ0v) is 13.8. The second-order valence-corrected chi connectivity index (χ2v) is 6.47. The molecule has 1 saturated heterocycles. The molecule has 1 aliphatic carbocycles. The number of carbonyl (C=O) groups excluding carboxylic acids is 1. The Morgan fingerprint density at radius 1 is 1.22 bits per heavy atom. The molecular weight excluding hydrogens is 292 g/mol. The molecule has 0 unspecified atom stereocenters. The molecule has 1 aromatic rings. The molecule has 2 fully saturated rings. The monoisotopic (exact) mass is 318 g/mol. The number of carbonyl (C=O) groups is 1. The zero-order chi connectivity index (χ0) is 16.2. The fourth-order valence-corrected chi connectivity index (χ4v) is 3.77. The van der Waals surface area contributed by atoms with Gasteiger partial charge in [-0.1, -0.05) is 18.2 Å². The number of para-hydroxylation sites is 1. The highest BCUT2D eigenvalue weighted by Gasteiger charge is 2.33. The molecule has 5 nitrogen and oxygen atoms in total. The molecule has 2 aliphatic rings. The van der Waals surface area contributed by atoms with Gasteiger partial charge in [0.25, 0.3) is 0 Å². The van der Waals surface area contributed by atoms with E-state index in [9.17, 15) is 9.90 Å². The lowest BCUT2D eigenvalue weighted by Crippen LogP contribution is -2.53. The molecule has 0 spiro atoms. The molecule has 1 aromatic carbocycles. The van der Waals surface area contributed by atoms with E-state index in [1.807, 2.05) is 29.2 Å². The number of piperazine rings is 1. The summed E-state index contributed by atoms with van der Waals surface area (Å²) < 4.78 is 5.32. The quantitative estimate of drug-likeness (QED) is 0.909. The number of nitrogens with zero attached hydrogens (tertiary/aromatic N) is 2. The molecule has 1 aliphatic heterocycles. The van der Waals surface area contributed by atoms with Gasteiger partial charge in [0.1, 0.15) is 5.75 Å². The SMILES string of the molecule is COc1ccccc1CC(=O)N1CCN([C@@H]2CCC[C@H]2O)CC1. The molecule has 1 N–H and O–H groups in total. The van der Waals surface area contributed by atoms with Crippen molar-refractivity contribution in [1.82, 2.24) is 9.80 Å². The first-order valence-electron chi connectivity index (χ1n) is 8.51. The van der Waals surface area contributed by atoms with Gasteiger partial charge in [-0.15, -0.1) is 0 Å². The molecule has 0 radical (unpaired) electrons. The van der Waals surface area contributed by atoms with E-state index in [0.29, 0.717) is 12.5 Å². The number of ether oxygens (including phenoxy) is 1. The summed E-state index contributed by atoms with van der Waals surface area (Å²) in [5.74, 6) is 0.926. The van der Waals surface area contributed by atoms with Crippen molar-refractivity contribution in [3.8, 4) is 5.75 Å². The third kappa shape index (κ3) is 3.67. The van der Waals surface area contributed by atoms with Gasteiger partial charge in [-0.3, -0.25) is 9.69 Å². The van der Waals surface area contributed by atoms with Crippen LogP contribution in [-0.4, -0.2) is 66.2 Å². The average Bonchev–Trinajstić information content (AvgIpc) is 3.01. The highest BCUT2D eigenvalue weighted by Crippen LogP contribution is 2.25. The van der Waals surface area contributed by atoms with E-state index in [0.717, 1.165) is 56.8 Å². The summed E-state index contributed by atoms with van der Waals surface area (Å²) in [6, 6.07) is 7.98. The first-order valence-corrected chi connectivity index (χ1v) is 8.51. The maximum Gasteiger partial charge on any atom is 0.227 e. The molecule has 1 heterocycles. The van der Waals surface area contributed by atoms with Gasteiger partial charge in [0.2, 0.25) is 5.91 Å². The van der Waals surface area contributed by atoms with Crippen molar-refractivity contribution in [2.45, 2.75) is 37.8 Å². The molecule has 0 aromatic heterocycles. The van der Waals surface area contributed by atoms with E-state index in [-0.39, 0.29) is 12.0 Å². The largest absolute Gasteiger partial charge is 0.496 e. The number of amides is 1. The fourth-order valence-electron chi connectivity index (χ4n) is 3.77. The molecule has 1 saturated carbocycles. The standard InChI is InChI=1S/C18H26N2O3/c1-23-17-8-3-2-5-14(17)13-18(22)20-11-9-19(10-12-20)15-6-4-7-16(15)21/h2-3,5,8,15-16,21H,4,6-7,9-13H2,1H3/t15-,16-/m1/s1. The van der Waals surface area contributed by atoms with Gasteiger partial charge < -0.3 is 14.7 Å². The van der Waals surface area contributed by atoms with Crippen molar-refractivity contribution < 1.29 is 14.6 Å². The first-order chi connectivity index (χ1) is 11.2. The Morgan fingerprint density at radius 3 is 2.61 bits per heavy atom. The third-order valence-corrected chi connectivity index (χ3v) is 5.11. The number of benzene rings is 1. The van der Waals surface area contributed by atoms with Gasteiger partial charge in [0.15, 0.2) is 0 Å². The second kappa shape index (κ2) is 7.32. The fraction of sp³-hybridized carbons (Fsp3) is 0.611. The summed E-state index contributed by atoms with van der Waals surface area (Å²) in [6.45, 7) is 3.22. The van der Waals surface area contributed by atoms with Crippen LogP contribution in [0.15, 0.2) is 24.3 Å². The Kier molecular flexibility index (Phi) is 5.18. The Labute approximate surface area is 137 Å². The molecular formula is C18H26N2O3. The Morgan fingerprint density at radius 2 is 1.96 bits per heavy atom. The van der Waals surface area contributed by atoms with E-state index >= 15 is 0 Å². The molecule has 2 atom stereocenters. The number of rotatable bonds is 4. The van der Waals surface area contributed by atoms with Crippen LogP contribution in [-0.2, 0) is 11.2 Å². The van der Waals surface area contributed by atoms with Crippen LogP contribution in [0.5, 0.6) is 5.75 Å². The number of methoxy groups -OCH3 is 1. The summed E-state index contributed by atoms with van der Waals surface area (Å²) in [4.78, 5) is 16.8. The summed E-state index contributed by atoms with van der Waals surface area (Å²) in [5, 5.41) is 10.0. The third-order valence-electron chi connectivity index (χ3n) is 5.11. The van der Waals surface area contributed by atoms with Gasteiger partial charge in [0, 0.05) is 37.8 Å². The molecule has 5 heteroatoms. The van der Waals surface area contributed by atoms with Crippen LogP contribution >= 0.6 is 0 Å². The normalized spacial score (nSPS) is 25.6. The minimum absolute atomic E-state index is 0.154. The van der Waals surface area contributed by atoms with E-state index in [4.69, 9.17) is 4.74 Å². The van der Waals surface area contributed by atoms with Crippen molar-refractivity contribution in [2.75, 3.05) is 33.3 Å². The number of hydrogen-bond acceptors (Lipinski definition) is 4. The maximum atomic E-state index is 12.5. The van der Waals surface area contributed by atoms with Gasteiger partial charge >= 0.3 is 0 Å². The van der Waals surface area contributed by atoms with E-state index in [2.05, 4.69) is 4.90 Å². The highest BCUT2D eigenvalue weighted by atomic mass is 16.5. The van der Waals surface area contributed by atoms with Gasteiger partial charge in [-0.2, -0.15) is 0 Å². The van der Waals surface area contributed by atoms with E-state index in [1.165, 1.54) is 0 Å². The molecule has 3 rings (SSSR count). The lowest BCUT2D eigenvalue weighted by molar-refractivity contribution is -0.132. The van der Waals surface area contributed by atoms with Crippen LogP contribution in [0.3, 0.4) is 0 Å². The van der Waals surface area contributed by atoms with Crippen molar-refractivity contribution in [1.29, 1.82) is 0 Å². The van der Waals surface area contributed by atoms with Gasteiger partial charge in [-0.25, -0.2) is 0 Å². The summed E-state index contributed by atoms with van der Waals surface area (Å²) in [6.07, 6.45) is 3.30. The smallest absolute Gasteiger partial charge is 0.227 e. The van der Waals surface area contributed by atoms with Gasteiger partial charge in [-0.05, 0) is 25.3 Å².